The molecule has 1 aliphatic rings. The number of nitrogens with zero attached hydrogens (tertiary/aromatic N) is 2. The number of hydrogen-bond acceptors (Lipinski definition) is 6. The molecule has 1 aromatic heterocycles. The normalized spacial score (nSPS) is 21.0. The van der Waals surface area contributed by atoms with Gasteiger partial charge in [-0.15, -0.1) is 11.3 Å². The van der Waals surface area contributed by atoms with Gasteiger partial charge in [-0.2, -0.15) is 0 Å². The van der Waals surface area contributed by atoms with Gasteiger partial charge in [0.25, 0.3) is 10.0 Å². The molecule has 3 rings (SSSR count). The second-order valence-corrected chi connectivity index (χ2v) is 9.73. The summed E-state index contributed by atoms with van der Waals surface area (Å²) in [7, 11) is -3.69. The van der Waals surface area contributed by atoms with Gasteiger partial charge in [0.2, 0.25) is 5.91 Å². The Labute approximate surface area is 163 Å². The number of nitrogens with one attached hydrogen (secondary N) is 2. The van der Waals surface area contributed by atoms with Crippen molar-refractivity contribution in [1.82, 2.24) is 9.88 Å². The van der Waals surface area contributed by atoms with Crippen LogP contribution in [0.3, 0.4) is 0 Å². The summed E-state index contributed by atoms with van der Waals surface area (Å²) < 4.78 is 27.1. The molecule has 2 heterocycles. The average Bonchev–Trinajstić information content (AvgIpc) is 3.06. The molecule has 2 aromatic rings. The average molecular weight is 409 g/mol. The summed E-state index contributed by atoms with van der Waals surface area (Å²) >= 11 is 1.21. The Bertz CT molecular complexity index is 857. The van der Waals surface area contributed by atoms with Crippen LogP contribution in [0.1, 0.15) is 20.3 Å². The minimum absolute atomic E-state index is 0.0900. The molecule has 1 aromatic carbocycles. The van der Waals surface area contributed by atoms with Crippen LogP contribution in [-0.2, 0) is 14.8 Å². The molecule has 2 unspecified atom stereocenters. The second-order valence-electron chi connectivity index (χ2n) is 7.16. The summed E-state index contributed by atoms with van der Waals surface area (Å²) in [6.45, 7) is 6.62. The van der Waals surface area contributed by atoms with E-state index >= 15 is 0 Å². The lowest BCUT2D eigenvalue weighted by Crippen LogP contribution is -2.42. The number of carbonyl (C=O) groups is 1. The maximum atomic E-state index is 12.3. The minimum atomic E-state index is -3.69. The monoisotopic (exact) mass is 408 g/mol. The number of hydrogen-bond donors (Lipinski definition) is 2. The number of carbonyl (C=O) groups excluding carboxylic acids is 1. The lowest BCUT2D eigenvalue weighted by atomic mass is 9.92. The van der Waals surface area contributed by atoms with Gasteiger partial charge >= 0.3 is 0 Å². The summed E-state index contributed by atoms with van der Waals surface area (Å²) in [5.74, 6) is 1.10. The highest BCUT2D eigenvalue weighted by atomic mass is 32.2. The standard InChI is InChI=1S/C18H24N4O3S2/c1-13-9-14(2)11-22(10-13)12-17(23)20-15-3-5-16(6-4-15)27(24,25)21-18-19-7-8-26-18/h3-8,13-14H,9-12H2,1-2H3,(H,19,21)(H,20,23). The first kappa shape index (κ1) is 19.8. The fraction of sp³-hybridized carbons (Fsp3) is 0.444. The molecule has 27 heavy (non-hydrogen) atoms. The molecule has 0 radical (unpaired) electrons. The molecular weight excluding hydrogens is 384 g/mol. The highest BCUT2D eigenvalue weighted by molar-refractivity contribution is 7.93. The van der Waals surface area contributed by atoms with Crippen LogP contribution in [0.4, 0.5) is 10.8 Å². The molecule has 2 N–H and O–H groups in total. The van der Waals surface area contributed by atoms with Crippen LogP contribution in [0, 0.1) is 11.8 Å². The van der Waals surface area contributed by atoms with E-state index in [1.165, 1.54) is 36.1 Å². The summed E-state index contributed by atoms with van der Waals surface area (Å²) in [4.78, 5) is 18.5. The van der Waals surface area contributed by atoms with Gasteiger partial charge in [0.05, 0.1) is 11.4 Å². The molecule has 2 atom stereocenters. The Kier molecular flexibility index (Phi) is 6.13. The maximum Gasteiger partial charge on any atom is 0.263 e. The number of likely N-dealkylation sites (tertiary alicyclic amines) is 1. The van der Waals surface area contributed by atoms with E-state index in [-0.39, 0.29) is 10.8 Å². The maximum absolute atomic E-state index is 12.3. The Morgan fingerprint density at radius 3 is 2.48 bits per heavy atom. The molecule has 0 saturated carbocycles. The van der Waals surface area contributed by atoms with Gasteiger partial charge < -0.3 is 5.32 Å². The molecule has 1 saturated heterocycles. The van der Waals surface area contributed by atoms with Crippen LogP contribution in [0.15, 0.2) is 40.7 Å². The molecule has 146 valence electrons. The zero-order valence-electron chi connectivity index (χ0n) is 15.4. The molecule has 7 nitrogen and oxygen atoms in total. The number of anilines is 2. The molecular formula is C18H24N4O3S2. The van der Waals surface area contributed by atoms with Gasteiger partial charge in [0.1, 0.15) is 0 Å². The molecule has 1 fully saturated rings. The molecule has 0 spiro atoms. The third kappa shape index (κ3) is 5.50. The van der Waals surface area contributed by atoms with E-state index in [2.05, 4.69) is 33.8 Å². The van der Waals surface area contributed by atoms with Crippen molar-refractivity contribution in [3.63, 3.8) is 0 Å². The number of thiazole rings is 1. The zero-order chi connectivity index (χ0) is 19.4. The predicted molar refractivity (Wildman–Crippen MR) is 107 cm³/mol. The highest BCUT2D eigenvalue weighted by Crippen LogP contribution is 2.21. The van der Waals surface area contributed by atoms with Crippen LogP contribution in [0.5, 0.6) is 0 Å². The van der Waals surface area contributed by atoms with E-state index in [9.17, 15) is 13.2 Å². The highest BCUT2D eigenvalue weighted by Gasteiger charge is 2.23. The van der Waals surface area contributed by atoms with Crippen molar-refractivity contribution in [2.24, 2.45) is 11.8 Å². The van der Waals surface area contributed by atoms with Gasteiger partial charge in [-0.1, -0.05) is 13.8 Å². The zero-order valence-corrected chi connectivity index (χ0v) is 17.0. The van der Waals surface area contributed by atoms with Crippen LogP contribution in [0.2, 0.25) is 0 Å². The van der Waals surface area contributed by atoms with Crippen molar-refractivity contribution in [3.05, 3.63) is 35.8 Å². The van der Waals surface area contributed by atoms with E-state index in [4.69, 9.17) is 0 Å². The fourth-order valence-corrected chi connectivity index (χ4v) is 5.28. The number of benzene rings is 1. The fourth-order valence-electron chi connectivity index (χ4n) is 3.49. The first-order chi connectivity index (χ1) is 12.8. The van der Waals surface area contributed by atoms with Crippen LogP contribution in [0.25, 0.3) is 0 Å². The predicted octanol–water partition coefficient (Wildman–Crippen LogP) is 2.86. The number of amides is 1. The molecule has 0 bridgehead atoms. The lowest BCUT2D eigenvalue weighted by molar-refractivity contribution is -0.117. The van der Waals surface area contributed by atoms with Gasteiger partial charge in [0, 0.05) is 30.4 Å². The number of piperidine rings is 1. The van der Waals surface area contributed by atoms with Gasteiger partial charge in [0.15, 0.2) is 5.13 Å². The van der Waals surface area contributed by atoms with Crippen LogP contribution < -0.4 is 10.0 Å². The third-order valence-electron chi connectivity index (χ3n) is 4.41. The van der Waals surface area contributed by atoms with Gasteiger partial charge in [-0.25, -0.2) is 13.4 Å². The van der Waals surface area contributed by atoms with Gasteiger partial charge in [-0.05, 0) is 42.5 Å². The Hall–Kier alpha value is -1.97. The van der Waals surface area contributed by atoms with Crippen molar-refractivity contribution in [2.45, 2.75) is 25.2 Å². The van der Waals surface area contributed by atoms with E-state index in [1.807, 2.05) is 0 Å². The van der Waals surface area contributed by atoms with E-state index in [1.54, 1.807) is 17.5 Å². The summed E-state index contributed by atoms with van der Waals surface area (Å²) in [5.41, 5.74) is 0.575. The summed E-state index contributed by atoms with van der Waals surface area (Å²) in [6.07, 6.45) is 2.73. The number of sulfonamides is 1. The van der Waals surface area contributed by atoms with E-state index in [0.29, 0.717) is 29.2 Å². The van der Waals surface area contributed by atoms with Crippen LogP contribution >= 0.6 is 11.3 Å². The van der Waals surface area contributed by atoms with Crippen molar-refractivity contribution in [3.8, 4) is 0 Å². The molecule has 9 heteroatoms. The molecule has 1 aliphatic heterocycles. The third-order valence-corrected chi connectivity index (χ3v) is 6.59. The molecule has 1 amide bonds. The minimum Gasteiger partial charge on any atom is -0.325 e. The smallest absolute Gasteiger partial charge is 0.263 e. The SMILES string of the molecule is CC1CC(C)CN(CC(=O)Nc2ccc(S(=O)(=O)Nc3nccs3)cc2)C1. The van der Waals surface area contributed by atoms with Crippen molar-refractivity contribution in [1.29, 1.82) is 0 Å². The Morgan fingerprint density at radius 2 is 1.89 bits per heavy atom. The summed E-state index contributed by atoms with van der Waals surface area (Å²) in [5, 5.41) is 4.85. The van der Waals surface area contributed by atoms with E-state index in [0.717, 1.165) is 13.1 Å². The lowest BCUT2D eigenvalue weighted by Gasteiger charge is -2.34. The van der Waals surface area contributed by atoms with Gasteiger partial charge in [-0.3, -0.25) is 14.4 Å². The molecule has 0 aliphatic carbocycles. The van der Waals surface area contributed by atoms with Crippen molar-refractivity contribution >= 4 is 38.1 Å². The van der Waals surface area contributed by atoms with Crippen LogP contribution in [-0.4, -0.2) is 43.8 Å². The first-order valence-corrected chi connectivity index (χ1v) is 11.2. The largest absolute Gasteiger partial charge is 0.325 e. The summed E-state index contributed by atoms with van der Waals surface area (Å²) in [6, 6.07) is 6.12. The van der Waals surface area contributed by atoms with E-state index < -0.39 is 10.0 Å². The first-order valence-electron chi connectivity index (χ1n) is 8.86. The number of aromatic nitrogens is 1. The number of rotatable bonds is 6. The Balaban J connectivity index is 1.58. The van der Waals surface area contributed by atoms with Crippen molar-refractivity contribution in [2.75, 3.05) is 29.7 Å². The quantitative estimate of drug-likeness (QED) is 0.767. The topological polar surface area (TPSA) is 91.4 Å². The second kappa shape index (κ2) is 8.37. The Morgan fingerprint density at radius 1 is 1.22 bits per heavy atom. The van der Waals surface area contributed by atoms with Crippen molar-refractivity contribution < 1.29 is 13.2 Å².